The molecule has 0 spiro atoms. The minimum atomic E-state index is -0.728. The molecule has 0 radical (unpaired) electrons. The largest absolute Gasteiger partial charge is 0.489 e. The number of aliphatic carboxylic acids is 1. The molecule has 0 unspecified atom stereocenters. The maximum Gasteiger partial charge on any atom is 0.303 e. The lowest BCUT2D eigenvalue weighted by atomic mass is 9.90. The molecule has 1 saturated carbocycles. The summed E-state index contributed by atoms with van der Waals surface area (Å²) in [6.07, 6.45) is 17.2. The Balaban J connectivity index is 1.47. The minimum absolute atomic E-state index is 0.219. The van der Waals surface area contributed by atoms with Crippen LogP contribution in [0.3, 0.4) is 0 Å². The van der Waals surface area contributed by atoms with E-state index in [1.165, 1.54) is 92.0 Å². The minimum Gasteiger partial charge on any atom is -0.489 e. The van der Waals surface area contributed by atoms with E-state index in [0.717, 1.165) is 30.9 Å². The summed E-state index contributed by atoms with van der Waals surface area (Å²) in [4.78, 5) is 10.8. The van der Waals surface area contributed by atoms with Crippen LogP contribution >= 0.6 is 0 Å². The Morgan fingerprint density at radius 3 is 2.06 bits per heavy atom. The van der Waals surface area contributed by atoms with Crippen LogP contribution in [-0.4, -0.2) is 17.7 Å². The summed E-state index contributed by atoms with van der Waals surface area (Å²) >= 11 is 0. The van der Waals surface area contributed by atoms with Gasteiger partial charge in [-0.15, -0.1) is 0 Å². The van der Waals surface area contributed by atoms with Crippen LogP contribution in [0.4, 0.5) is 0 Å². The highest BCUT2D eigenvalue weighted by atomic mass is 16.5. The third-order valence-corrected chi connectivity index (χ3v) is 7.58. The Morgan fingerprint density at radius 1 is 0.800 bits per heavy atom. The predicted molar refractivity (Wildman–Crippen MR) is 144 cm³/mol. The topological polar surface area (TPSA) is 46.5 Å². The first-order chi connectivity index (χ1) is 17.2. The van der Waals surface area contributed by atoms with E-state index >= 15 is 0 Å². The summed E-state index contributed by atoms with van der Waals surface area (Å²) in [7, 11) is 0. The maximum absolute atomic E-state index is 10.8. The lowest BCUT2D eigenvalue weighted by Crippen LogP contribution is -2.06. The quantitative estimate of drug-likeness (QED) is 0.395. The maximum atomic E-state index is 10.8. The molecular formula is C32H42O3. The standard InChI is InChI=1S/C32H42O3/c33-32(34)13-9-10-25-14-22-30(23-15-25)35-24-29-11-7-5-3-1-2-4-6-8-12-31(29)28-20-18-27(19-21-28)26-16-17-26/h14-15,18-23,26H,1-13,16-17,24H2,(H,33,34)/b31-29+. The summed E-state index contributed by atoms with van der Waals surface area (Å²) in [6.45, 7) is 0.651. The second-order valence-electron chi connectivity index (χ2n) is 10.5. The molecule has 0 aromatic heterocycles. The van der Waals surface area contributed by atoms with E-state index < -0.39 is 5.97 Å². The third kappa shape index (κ3) is 8.56. The number of carbonyl (C=O) groups is 1. The predicted octanol–water partition coefficient (Wildman–Crippen LogP) is 8.72. The molecule has 0 bridgehead atoms. The van der Waals surface area contributed by atoms with Gasteiger partial charge < -0.3 is 9.84 Å². The smallest absolute Gasteiger partial charge is 0.303 e. The van der Waals surface area contributed by atoms with Crippen LogP contribution in [-0.2, 0) is 11.2 Å². The molecule has 1 N–H and O–H groups in total. The zero-order valence-corrected chi connectivity index (χ0v) is 21.3. The summed E-state index contributed by atoms with van der Waals surface area (Å²) in [6, 6.07) is 17.7. The average Bonchev–Trinajstić information content (AvgIpc) is 3.70. The fourth-order valence-electron chi connectivity index (χ4n) is 5.28. The number of ether oxygens (including phenoxy) is 1. The molecule has 3 nitrogen and oxygen atoms in total. The monoisotopic (exact) mass is 474 g/mol. The van der Waals surface area contributed by atoms with Gasteiger partial charge in [0.25, 0.3) is 0 Å². The molecule has 2 aliphatic carbocycles. The highest BCUT2D eigenvalue weighted by Gasteiger charge is 2.23. The SMILES string of the molecule is O=C(O)CCCc1ccc(OC/C2=C(/c3ccc(C4CC4)cc3)CCCCCCCCCC2)cc1. The lowest BCUT2D eigenvalue weighted by Gasteiger charge is -2.19. The molecule has 2 aromatic carbocycles. The van der Waals surface area contributed by atoms with Crippen LogP contribution in [0.1, 0.15) is 112 Å². The van der Waals surface area contributed by atoms with Gasteiger partial charge in [0.2, 0.25) is 0 Å². The van der Waals surface area contributed by atoms with Gasteiger partial charge in [-0.2, -0.15) is 0 Å². The molecule has 188 valence electrons. The van der Waals surface area contributed by atoms with Crippen LogP contribution in [0.25, 0.3) is 5.57 Å². The van der Waals surface area contributed by atoms with E-state index in [0.29, 0.717) is 13.0 Å². The second-order valence-corrected chi connectivity index (χ2v) is 10.5. The number of aryl methyl sites for hydroxylation is 1. The fraction of sp³-hybridized carbons (Fsp3) is 0.531. The molecule has 2 aromatic rings. The number of allylic oxidation sites excluding steroid dienone is 1. The molecular weight excluding hydrogens is 432 g/mol. The zero-order valence-electron chi connectivity index (χ0n) is 21.3. The Hall–Kier alpha value is -2.55. The van der Waals surface area contributed by atoms with E-state index in [2.05, 4.69) is 36.4 Å². The summed E-state index contributed by atoms with van der Waals surface area (Å²) in [5.41, 5.74) is 7.04. The van der Waals surface area contributed by atoms with Gasteiger partial charge in [0.15, 0.2) is 0 Å². The molecule has 3 heteroatoms. The highest BCUT2D eigenvalue weighted by Crippen LogP contribution is 2.40. The van der Waals surface area contributed by atoms with Crippen LogP contribution in [0.5, 0.6) is 5.75 Å². The van der Waals surface area contributed by atoms with Crippen molar-refractivity contribution in [3.05, 3.63) is 70.8 Å². The van der Waals surface area contributed by atoms with Gasteiger partial charge in [-0.3, -0.25) is 4.79 Å². The van der Waals surface area contributed by atoms with Gasteiger partial charge in [-0.25, -0.2) is 0 Å². The van der Waals surface area contributed by atoms with Gasteiger partial charge in [-0.1, -0.05) is 74.9 Å². The van der Waals surface area contributed by atoms with Crippen molar-refractivity contribution in [3.63, 3.8) is 0 Å². The Bertz CT molecular complexity index is 951. The number of rotatable bonds is 9. The summed E-state index contributed by atoms with van der Waals surface area (Å²) < 4.78 is 6.34. The molecule has 1 fully saturated rings. The van der Waals surface area contributed by atoms with Crippen LogP contribution in [0, 0.1) is 0 Å². The first-order valence-electron chi connectivity index (χ1n) is 13.9. The van der Waals surface area contributed by atoms with Crippen LogP contribution in [0.2, 0.25) is 0 Å². The first-order valence-corrected chi connectivity index (χ1v) is 13.9. The molecule has 35 heavy (non-hydrogen) atoms. The molecule has 0 aliphatic heterocycles. The number of hydrogen-bond acceptors (Lipinski definition) is 2. The van der Waals surface area contributed by atoms with Crippen molar-refractivity contribution in [1.29, 1.82) is 0 Å². The second kappa shape index (κ2) is 13.5. The van der Waals surface area contributed by atoms with Crippen LogP contribution < -0.4 is 4.74 Å². The van der Waals surface area contributed by atoms with E-state index in [4.69, 9.17) is 9.84 Å². The van der Waals surface area contributed by atoms with E-state index in [1.807, 2.05) is 12.1 Å². The zero-order chi connectivity index (χ0) is 24.3. The number of benzene rings is 2. The normalized spacial score (nSPS) is 20.0. The molecule has 4 rings (SSSR count). The summed E-state index contributed by atoms with van der Waals surface area (Å²) in [5, 5.41) is 8.85. The van der Waals surface area contributed by atoms with Crippen molar-refractivity contribution in [1.82, 2.24) is 0 Å². The van der Waals surface area contributed by atoms with E-state index in [-0.39, 0.29) is 6.42 Å². The number of carboxylic acid groups (broad SMARTS) is 1. The highest BCUT2D eigenvalue weighted by molar-refractivity contribution is 5.69. The fourth-order valence-corrected chi connectivity index (χ4v) is 5.28. The molecule has 0 heterocycles. The number of hydrogen-bond donors (Lipinski definition) is 1. The van der Waals surface area contributed by atoms with Crippen molar-refractivity contribution in [2.45, 2.75) is 102 Å². The average molecular weight is 475 g/mol. The Kier molecular flexibility index (Phi) is 9.86. The molecule has 0 amide bonds. The van der Waals surface area contributed by atoms with Crippen molar-refractivity contribution >= 4 is 11.5 Å². The van der Waals surface area contributed by atoms with Gasteiger partial charge in [0.05, 0.1) is 0 Å². The molecule has 0 saturated heterocycles. The van der Waals surface area contributed by atoms with Gasteiger partial charge in [-0.05, 0) is 97.3 Å². The van der Waals surface area contributed by atoms with Crippen molar-refractivity contribution in [3.8, 4) is 5.75 Å². The lowest BCUT2D eigenvalue weighted by molar-refractivity contribution is -0.137. The molecule has 2 aliphatic rings. The Morgan fingerprint density at radius 2 is 1.43 bits per heavy atom. The van der Waals surface area contributed by atoms with Gasteiger partial charge >= 0.3 is 5.97 Å². The van der Waals surface area contributed by atoms with E-state index in [9.17, 15) is 4.79 Å². The number of carboxylic acids is 1. The van der Waals surface area contributed by atoms with Crippen molar-refractivity contribution in [2.24, 2.45) is 0 Å². The van der Waals surface area contributed by atoms with Crippen molar-refractivity contribution in [2.75, 3.05) is 6.61 Å². The van der Waals surface area contributed by atoms with Gasteiger partial charge in [0, 0.05) is 6.42 Å². The first kappa shape index (κ1) is 25.5. The van der Waals surface area contributed by atoms with Crippen molar-refractivity contribution < 1.29 is 14.6 Å². The van der Waals surface area contributed by atoms with Crippen LogP contribution in [0.15, 0.2) is 54.1 Å². The summed E-state index contributed by atoms with van der Waals surface area (Å²) in [5.74, 6) is 0.964. The van der Waals surface area contributed by atoms with Gasteiger partial charge in [0.1, 0.15) is 12.4 Å². The third-order valence-electron chi connectivity index (χ3n) is 7.58. The molecule has 0 atom stereocenters. The van der Waals surface area contributed by atoms with E-state index in [1.54, 1.807) is 0 Å². The Labute approximate surface area is 211 Å².